The summed E-state index contributed by atoms with van der Waals surface area (Å²) in [5, 5.41) is 2.19. The van der Waals surface area contributed by atoms with Crippen molar-refractivity contribution in [2.75, 3.05) is 26.3 Å². The molecule has 2 atom stereocenters. The highest BCUT2D eigenvalue weighted by atomic mass is 16.6. The number of nitrogens with zero attached hydrogens (tertiary/aromatic N) is 2. The molecule has 3 aromatic carbocycles. The molecule has 2 aliphatic rings. The molecule has 0 aromatic heterocycles. The first-order valence-electron chi connectivity index (χ1n) is 12.8. The molecule has 36 heavy (non-hydrogen) atoms. The van der Waals surface area contributed by atoms with Crippen LogP contribution in [0.5, 0.6) is 11.5 Å². The number of benzene rings is 3. The summed E-state index contributed by atoms with van der Waals surface area (Å²) >= 11 is 0. The van der Waals surface area contributed by atoms with Crippen molar-refractivity contribution in [3.63, 3.8) is 0 Å². The molecule has 1 aliphatic heterocycles. The molecule has 7 nitrogen and oxygen atoms in total. The minimum atomic E-state index is 0.0435. The van der Waals surface area contributed by atoms with Crippen LogP contribution < -0.4 is 20.9 Å². The monoisotopic (exact) mass is 486 g/mol. The first-order chi connectivity index (χ1) is 17.5. The summed E-state index contributed by atoms with van der Waals surface area (Å²) in [5.41, 5.74) is 12.9. The van der Waals surface area contributed by atoms with Gasteiger partial charge in [0.2, 0.25) is 0 Å². The zero-order valence-corrected chi connectivity index (χ0v) is 20.6. The molecule has 2 unspecified atom stereocenters. The topological polar surface area (TPSA) is 103 Å². The third-order valence-corrected chi connectivity index (χ3v) is 7.17. The van der Waals surface area contributed by atoms with Gasteiger partial charge in [-0.05, 0) is 71.7 Å². The second-order valence-corrected chi connectivity index (χ2v) is 9.89. The summed E-state index contributed by atoms with van der Waals surface area (Å²) in [6, 6.07) is 20.0. The van der Waals surface area contributed by atoms with E-state index in [0.717, 1.165) is 53.5 Å². The predicted molar refractivity (Wildman–Crippen MR) is 142 cm³/mol. The largest absolute Gasteiger partial charge is 0.486 e. The van der Waals surface area contributed by atoms with E-state index >= 15 is 0 Å². The average molecular weight is 487 g/mol. The molecule has 1 saturated carbocycles. The second-order valence-electron chi connectivity index (χ2n) is 9.89. The normalized spacial score (nSPS) is 19.0. The second kappa shape index (κ2) is 10.9. The van der Waals surface area contributed by atoms with Crippen molar-refractivity contribution in [3.05, 3.63) is 71.8 Å². The molecule has 1 amide bonds. The van der Waals surface area contributed by atoms with Gasteiger partial charge in [0.1, 0.15) is 13.2 Å². The van der Waals surface area contributed by atoms with Crippen molar-refractivity contribution in [1.82, 2.24) is 4.90 Å². The maximum Gasteiger partial charge on any atom is 0.254 e. The zero-order valence-electron chi connectivity index (χ0n) is 20.6. The summed E-state index contributed by atoms with van der Waals surface area (Å²) in [6.07, 6.45) is 4.35. The molecule has 0 bridgehead atoms. The number of fused-ring (bicyclic) bond motifs is 2. The van der Waals surface area contributed by atoms with Gasteiger partial charge < -0.3 is 25.8 Å². The Balaban J connectivity index is 1.38. The van der Waals surface area contributed by atoms with Crippen molar-refractivity contribution in [2.45, 2.75) is 32.2 Å². The molecule has 7 heteroatoms. The first kappa shape index (κ1) is 24.0. The van der Waals surface area contributed by atoms with E-state index in [9.17, 15) is 4.79 Å². The van der Waals surface area contributed by atoms with Crippen LogP contribution in [0.4, 0.5) is 0 Å². The van der Waals surface area contributed by atoms with Crippen LogP contribution in [-0.4, -0.2) is 43.1 Å². The van der Waals surface area contributed by atoms with Gasteiger partial charge in [-0.15, -0.1) is 0 Å². The highest BCUT2D eigenvalue weighted by Crippen LogP contribution is 2.33. The van der Waals surface area contributed by atoms with Gasteiger partial charge in [-0.3, -0.25) is 9.79 Å². The lowest BCUT2D eigenvalue weighted by molar-refractivity contribution is 0.0686. The Hall–Kier alpha value is -3.74. The molecule has 188 valence electrons. The summed E-state index contributed by atoms with van der Waals surface area (Å²) in [7, 11) is 0. The third kappa shape index (κ3) is 5.73. The highest BCUT2D eigenvalue weighted by Gasteiger charge is 2.27. The van der Waals surface area contributed by atoms with E-state index in [-0.39, 0.29) is 11.9 Å². The van der Waals surface area contributed by atoms with Crippen molar-refractivity contribution in [2.24, 2.45) is 28.3 Å². The lowest BCUT2D eigenvalue weighted by atomic mass is 9.81. The minimum absolute atomic E-state index is 0.0435. The maximum absolute atomic E-state index is 13.9. The average Bonchev–Trinajstić information content (AvgIpc) is 2.91. The third-order valence-electron chi connectivity index (χ3n) is 7.17. The van der Waals surface area contributed by atoms with E-state index in [1.165, 1.54) is 0 Å². The summed E-state index contributed by atoms with van der Waals surface area (Å²) in [5.74, 6) is 2.53. The van der Waals surface area contributed by atoms with Crippen LogP contribution in [-0.2, 0) is 6.54 Å². The van der Waals surface area contributed by atoms with E-state index < -0.39 is 0 Å². The predicted octanol–water partition coefficient (Wildman–Crippen LogP) is 4.33. The number of carbonyl (C=O) groups excluding carboxylic acids is 1. The maximum atomic E-state index is 13.9. The van der Waals surface area contributed by atoms with Gasteiger partial charge in [-0.25, -0.2) is 0 Å². The van der Waals surface area contributed by atoms with Crippen LogP contribution in [0, 0.1) is 11.8 Å². The van der Waals surface area contributed by atoms with Gasteiger partial charge in [0.15, 0.2) is 17.5 Å². The standard InChI is InChI=1S/C29H34N4O3/c30-29(31)32-17-20-4-3-5-21(14-20)18-33(19-22-8-11-26-27(15-22)36-13-12-35-26)28(34)25-10-9-23-6-1-2-7-24(23)16-25/h1-2,6-11,15-16,20-21H,3-5,12-14,17-19H2,(H4,30,31,32). The molecule has 0 spiro atoms. The van der Waals surface area contributed by atoms with Crippen LogP contribution in [0.2, 0.25) is 0 Å². The molecule has 3 aromatic rings. The number of ether oxygens (including phenoxy) is 2. The van der Waals surface area contributed by atoms with Crippen molar-refractivity contribution in [1.29, 1.82) is 0 Å². The number of amides is 1. The number of aliphatic imine (C=N–C) groups is 1. The molecule has 1 heterocycles. The Bertz CT molecular complexity index is 1250. The Morgan fingerprint density at radius 1 is 0.917 bits per heavy atom. The SMILES string of the molecule is NC(N)=NCC1CCCC(CN(Cc2ccc3c(c2)OCCO3)C(=O)c2ccc3ccccc3c2)C1. The van der Waals surface area contributed by atoms with Crippen molar-refractivity contribution < 1.29 is 14.3 Å². The van der Waals surface area contributed by atoms with E-state index in [1.54, 1.807) is 0 Å². The van der Waals surface area contributed by atoms with Crippen LogP contribution in [0.25, 0.3) is 10.8 Å². The Morgan fingerprint density at radius 2 is 1.69 bits per heavy atom. The zero-order chi connectivity index (χ0) is 24.9. The van der Waals surface area contributed by atoms with Crippen LogP contribution in [0.1, 0.15) is 41.6 Å². The molecular weight excluding hydrogens is 452 g/mol. The van der Waals surface area contributed by atoms with E-state index in [1.807, 2.05) is 59.5 Å². The number of hydrogen-bond donors (Lipinski definition) is 2. The molecule has 5 rings (SSSR count). The molecule has 0 radical (unpaired) electrons. The minimum Gasteiger partial charge on any atom is -0.486 e. The molecule has 4 N–H and O–H groups in total. The molecule has 0 saturated heterocycles. The number of hydrogen-bond acceptors (Lipinski definition) is 4. The van der Waals surface area contributed by atoms with Crippen molar-refractivity contribution >= 4 is 22.6 Å². The van der Waals surface area contributed by atoms with Crippen molar-refractivity contribution in [3.8, 4) is 11.5 Å². The van der Waals surface area contributed by atoms with E-state index in [2.05, 4.69) is 11.1 Å². The van der Waals surface area contributed by atoms with Gasteiger partial charge in [-0.2, -0.15) is 0 Å². The fourth-order valence-electron chi connectivity index (χ4n) is 5.41. The quantitative estimate of drug-likeness (QED) is 0.382. The summed E-state index contributed by atoms with van der Waals surface area (Å²) in [4.78, 5) is 20.1. The molecule has 1 fully saturated rings. The smallest absolute Gasteiger partial charge is 0.254 e. The van der Waals surface area contributed by atoms with Crippen LogP contribution in [0.3, 0.4) is 0 Å². The number of rotatable bonds is 7. The Morgan fingerprint density at radius 3 is 2.53 bits per heavy atom. The molecule has 1 aliphatic carbocycles. The summed E-state index contributed by atoms with van der Waals surface area (Å²) < 4.78 is 11.5. The lowest BCUT2D eigenvalue weighted by Crippen LogP contribution is -2.37. The number of nitrogens with two attached hydrogens (primary N) is 2. The Labute approximate surface area is 212 Å². The van der Waals surface area contributed by atoms with E-state index in [0.29, 0.717) is 50.2 Å². The van der Waals surface area contributed by atoms with E-state index in [4.69, 9.17) is 20.9 Å². The Kier molecular flexibility index (Phi) is 7.26. The van der Waals surface area contributed by atoms with Gasteiger partial charge >= 0.3 is 0 Å². The fourth-order valence-corrected chi connectivity index (χ4v) is 5.41. The van der Waals surface area contributed by atoms with Gasteiger partial charge in [-0.1, -0.05) is 42.8 Å². The lowest BCUT2D eigenvalue weighted by Gasteiger charge is -2.33. The van der Waals surface area contributed by atoms with Crippen LogP contribution >= 0.6 is 0 Å². The van der Waals surface area contributed by atoms with Crippen LogP contribution in [0.15, 0.2) is 65.7 Å². The van der Waals surface area contributed by atoms with Gasteiger partial charge in [0.05, 0.1) is 0 Å². The molecular formula is C29H34N4O3. The van der Waals surface area contributed by atoms with Gasteiger partial charge in [0, 0.05) is 25.2 Å². The fraction of sp³-hybridized carbons (Fsp3) is 0.379. The van der Waals surface area contributed by atoms with Gasteiger partial charge in [0.25, 0.3) is 5.91 Å². The number of guanidine groups is 1. The summed E-state index contributed by atoms with van der Waals surface area (Å²) in [6.45, 7) is 2.95. The first-order valence-corrected chi connectivity index (χ1v) is 12.8. The highest BCUT2D eigenvalue weighted by molar-refractivity contribution is 5.98. The number of carbonyl (C=O) groups is 1.